The molecule has 5 aliphatic rings. The normalized spacial score (nSPS) is 18.9. The van der Waals surface area contributed by atoms with Crippen LogP contribution in [0.5, 0.6) is 0 Å². The number of aromatic carboxylic acids is 1. The molecule has 5 saturated heterocycles. The van der Waals surface area contributed by atoms with Gasteiger partial charge in [0.15, 0.2) is 23.0 Å². The number of carboxylic acid groups (broad SMARTS) is 2. The van der Waals surface area contributed by atoms with Crippen LogP contribution in [0.1, 0.15) is 182 Å². The van der Waals surface area contributed by atoms with E-state index in [4.69, 9.17) is 68.1 Å². The number of carbonyl (C=O) groups excluding carboxylic acids is 8. The van der Waals surface area contributed by atoms with Gasteiger partial charge >= 0.3 is 48.5 Å². The molecule has 7 amide bonds. The van der Waals surface area contributed by atoms with Gasteiger partial charge in [0.1, 0.15) is 40.4 Å². The summed E-state index contributed by atoms with van der Waals surface area (Å²) >= 11 is 6.05. The fraction of sp³-hybridized carbons (Fsp3) is 0.667. The van der Waals surface area contributed by atoms with Crippen LogP contribution in [0.3, 0.4) is 0 Å². The highest BCUT2D eigenvalue weighted by atomic mass is 79.9. The van der Waals surface area contributed by atoms with E-state index in [0.29, 0.717) is 146 Å². The zero-order valence-corrected chi connectivity index (χ0v) is 72.3. The van der Waals surface area contributed by atoms with Gasteiger partial charge in [0.2, 0.25) is 0 Å². The van der Waals surface area contributed by atoms with E-state index in [1.807, 2.05) is 92.6 Å². The lowest BCUT2D eigenvalue weighted by Crippen LogP contribution is -2.49. The third-order valence-electron chi connectivity index (χ3n) is 16.1. The van der Waals surface area contributed by atoms with Gasteiger partial charge in [0, 0.05) is 131 Å². The number of amides is 7. The maximum atomic E-state index is 13.9. The molecule has 115 heavy (non-hydrogen) atoms. The summed E-state index contributed by atoms with van der Waals surface area (Å²) in [6.07, 6.45) is 3.49. The number of pyridine rings is 2. The van der Waals surface area contributed by atoms with Crippen LogP contribution in [-0.2, 0) is 68.3 Å². The molecule has 3 aromatic rings. The largest absolute Gasteiger partial charge is 0.481 e. The van der Waals surface area contributed by atoms with Crippen LogP contribution in [0.25, 0.3) is 0 Å². The van der Waals surface area contributed by atoms with Crippen molar-refractivity contribution < 1.29 is 119 Å². The number of carboxylic acids is 2. The maximum absolute atomic E-state index is 13.9. The third-order valence-corrected chi connectivity index (χ3v) is 17.0. The van der Waals surface area contributed by atoms with E-state index in [-0.39, 0.29) is 80.0 Å². The van der Waals surface area contributed by atoms with Gasteiger partial charge in [0.25, 0.3) is 5.91 Å². The molecule has 0 aliphatic carbocycles. The molecule has 0 bridgehead atoms. The van der Waals surface area contributed by atoms with Gasteiger partial charge in [-0.15, -0.1) is 0 Å². The lowest BCUT2D eigenvalue weighted by molar-refractivity contribution is -0.138. The molecule has 2 aromatic heterocycles. The molecule has 37 heteroatoms. The van der Waals surface area contributed by atoms with Crippen molar-refractivity contribution in [2.75, 3.05) is 118 Å². The van der Waals surface area contributed by atoms with Crippen molar-refractivity contribution in [1.29, 1.82) is 0 Å². The first-order valence-corrected chi connectivity index (χ1v) is 39.6. The number of aliphatic carboxylic acids is 1. The molecule has 0 radical (unpaired) electrons. The number of nitrogens with zero attached hydrogens (tertiary/aromatic N) is 7. The number of hydrogen-bond donors (Lipinski definition) is 5. The molecular weight excluding hydrogens is 1640 g/mol. The van der Waals surface area contributed by atoms with Crippen molar-refractivity contribution in [3.63, 3.8) is 0 Å². The van der Waals surface area contributed by atoms with Crippen LogP contribution in [0.2, 0.25) is 0 Å². The first-order valence-electron chi connectivity index (χ1n) is 38.0. The molecule has 7 heterocycles. The Morgan fingerprint density at radius 1 is 0.470 bits per heavy atom. The second-order valence-electron chi connectivity index (χ2n) is 31.8. The summed E-state index contributed by atoms with van der Waals surface area (Å²) in [4.78, 5) is 132. The van der Waals surface area contributed by atoms with Crippen LogP contribution in [0, 0.1) is 11.6 Å². The summed E-state index contributed by atoms with van der Waals surface area (Å²) in [5, 5.41) is 22.6. The fourth-order valence-corrected chi connectivity index (χ4v) is 11.6. The number of ketones is 1. The number of ether oxygens (including phenoxy) is 11. The van der Waals surface area contributed by atoms with Crippen LogP contribution >= 0.6 is 31.9 Å². The van der Waals surface area contributed by atoms with Gasteiger partial charge in [-0.05, 0) is 192 Å². The Morgan fingerprint density at radius 2 is 0.783 bits per heavy atom. The number of benzene rings is 1. The monoisotopic (exact) mass is 1760 g/mol. The molecule has 5 aliphatic heterocycles. The Labute approximate surface area is 689 Å². The van der Waals surface area contributed by atoms with Crippen molar-refractivity contribution in [2.24, 2.45) is 5.73 Å². The second-order valence-corrected chi connectivity index (χ2v) is 33.6. The SMILES string of the molecule is CC(=O)CC1CCOCCN1C(=O)OC(C)(C)C.CC(C)(C)OC(=O)N1CCOCCC1CC(=O)O.CC(C)(C)OC(=O)N1CCOCCC1CN.CC(C)(C)OC(=O)N1CCOCCC1CNC(=O)OCc1ccccc1.CC(C)(C)OC(=O)N1CCOCCC1CNC(=O)c1ncc(Br)cc1F.O=C(O)c1ncc(Br)cc1F. The van der Waals surface area contributed by atoms with E-state index in [1.54, 1.807) is 68.1 Å². The van der Waals surface area contributed by atoms with E-state index in [0.717, 1.165) is 18.1 Å². The van der Waals surface area contributed by atoms with E-state index in [2.05, 4.69) is 52.5 Å². The summed E-state index contributed by atoms with van der Waals surface area (Å²) in [6.45, 7) is 37.1. The number of carbonyl (C=O) groups is 10. The Morgan fingerprint density at radius 3 is 1.10 bits per heavy atom. The zero-order chi connectivity index (χ0) is 86.4. The number of nitrogens with one attached hydrogen (secondary N) is 2. The van der Waals surface area contributed by atoms with Crippen molar-refractivity contribution in [3.05, 3.63) is 92.4 Å². The molecule has 33 nitrogen and oxygen atoms in total. The first kappa shape index (κ1) is 101. The van der Waals surface area contributed by atoms with Gasteiger partial charge in [0.05, 0.1) is 51.5 Å². The summed E-state index contributed by atoms with van der Waals surface area (Å²) in [5.74, 6) is -4.40. The van der Waals surface area contributed by atoms with E-state index >= 15 is 0 Å². The van der Waals surface area contributed by atoms with Gasteiger partial charge in [-0.2, -0.15) is 0 Å². The molecule has 0 saturated carbocycles. The number of hydrogen-bond acceptors (Lipinski definition) is 24. The molecule has 1 aromatic carbocycles. The minimum Gasteiger partial charge on any atom is -0.481 e. The third kappa shape index (κ3) is 42.5. The predicted octanol–water partition coefficient (Wildman–Crippen LogP) is 11.8. The molecule has 0 spiro atoms. The summed E-state index contributed by atoms with van der Waals surface area (Å²) in [7, 11) is 0. The highest BCUT2D eigenvalue weighted by Gasteiger charge is 2.36. The lowest BCUT2D eigenvalue weighted by Gasteiger charge is -2.31. The molecule has 648 valence electrons. The quantitative estimate of drug-likeness (QED) is 0.0992. The van der Waals surface area contributed by atoms with Crippen molar-refractivity contribution in [2.45, 2.75) is 221 Å². The number of aromatic nitrogens is 2. The van der Waals surface area contributed by atoms with Gasteiger partial charge < -0.3 is 103 Å². The predicted molar refractivity (Wildman–Crippen MR) is 425 cm³/mol. The molecule has 8 rings (SSSR count). The topological polar surface area (TPSA) is 405 Å². The highest BCUT2D eigenvalue weighted by molar-refractivity contribution is 9.10. The smallest absolute Gasteiger partial charge is 0.410 e. The van der Waals surface area contributed by atoms with Crippen LogP contribution in [-0.4, -0.2) is 282 Å². The average Bonchev–Trinajstić information content (AvgIpc) is 1.84. The summed E-state index contributed by atoms with van der Waals surface area (Å²) < 4.78 is 86.3. The molecule has 6 N–H and O–H groups in total. The second kappa shape index (κ2) is 49.8. The summed E-state index contributed by atoms with van der Waals surface area (Å²) in [5.41, 5.74) is 2.95. The average molecular weight is 1760 g/mol. The molecule has 5 unspecified atom stereocenters. The van der Waals surface area contributed by atoms with Crippen LogP contribution in [0.4, 0.5) is 37.5 Å². The van der Waals surface area contributed by atoms with Crippen molar-refractivity contribution in [3.8, 4) is 0 Å². The number of nitrogens with two attached hydrogens (primary N) is 1. The van der Waals surface area contributed by atoms with E-state index < -0.39 is 87.6 Å². The standard InChI is InChI=1S/C19H28N2O5.C17H23BrFN3O4.C13H23NO4.C12H21NO5.C11H22N2O3.C6H3BrFNO2/c1-19(2,3)26-18(23)21-10-12-24-11-9-16(21)13-20-17(22)25-14-15-7-5-4-6-8-15;1-17(2,3)26-16(24)22-5-7-25-6-4-12(22)10-21-15(23)14-13(19)8-11(18)9-20-14;1-10(15)9-11-5-7-17-8-6-14(11)12(16)18-13(2,3)4;1-12(2,3)18-11(16)13-5-7-17-6-4-9(13)8-10(14)15;1-11(2,3)16-10(14)13-5-7-15-6-4-9(13)8-12;7-3-1-4(8)5(6(10)11)9-2-3/h4-8,16H,9-14H2,1-3H3,(H,20,22);8-9,12H,4-7,10H2,1-3H3,(H,21,23);11H,5-9H2,1-4H3;9H,4-8H2,1-3H3,(H,14,15);9H,4-8,12H2,1-3H3;1-2H,(H,10,11). The van der Waals surface area contributed by atoms with E-state index in [9.17, 15) is 56.7 Å². The lowest BCUT2D eigenvalue weighted by atomic mass is 10.1. The minimum atomic E-state index is -1.37. The number of halogens is 4. The number of rotatable bonds is 13. The van der Waals surface area contributed by atoms with Crippen molar-refractivity contribution in [1.82, 2.24) is 45.1 Å². The molecular formula is C78H120Br2F2N10O23. The zero-order valence-electron chi connectivity index (χ0n) is 69.2. The Bertz CT molecular complexity index is 3500. The summed E-state index contributed by atoms with van der Waals surface area (Å²) in [6, 6.07) is 10.7. The van der Waals surface area contributed by atoms with Crippen LogP contribution in [0.15, 0.2) is 63.8 Å². The van der Waals surface area contributed by atoms with Gasteiger partial charge in [-0.25, -0.2) is 52.3 Å². The van der Waals surface area contributed by atoms with Crippen LogP contribution < -0.4 is 16.4 Å². The Hall–Kier alpha value is -8.20. The number of Topliss-reactive ketones (excluding diaryl/α,β-unsaturated/α-hetero) is 1. The first-order chi connectivity index (χ1) is 53.7. The highest BCUT2D eigenvalue weighted by Crippen LogP contribution is 2.24. The van der Waals surface area contributed by atoms with Gasteiger partial charge in [-0.3, -0.25) is 14.4 Å². The van der Waals surface area contributed by atoms with E-state index in [1.165, 1.54) is 23.4 Å². The maximum Gasteiger partial charge on any atom is 0.410 e. The van der Waals surface area contributed by atoms with Gasteiger partial charge in [-0.1, -0.05) is 30.3 Å². The van der Waals surface area contributed by atoms with Crippen molar-refractivity contribution >= 4 is 92.0 Å². The Kier molecular flexibility index (Phi) is 43.7. The minimum absolute atomic E-state index is 0.0253. The Balaban J connectivity index is 0.000000364. The molecule has 5 atom stereocenters. The fourth-order valence-electron chi connectivity index (χ4n) is 11.0. The number of alkyl carbamates (subject to hydrolysis) is 1. The molecule has 5 fully saturated rings.